The van der Waals surface area contributed by atoms with E-state index < -0.39 is 0 Å². The molecule has 0 saturated carbocycles. The molecule has 0 unspecified atom stereocenters. The van der Waals surface area contributed by atoms with Crippen LogP contribution in [0.2, 0.25) is 0 Å². The zero-order chi connectivity index (χ0) is 25.6. The predicted molar refractivity (Wildman–Crippen MR) is 142 cm³/mol. The zero-order valence-corrected chi connectivity index (χ0v) is 20.6. The Morgan fingerprint density at radius 1 is 1.11 bits per heavy atom. The molecule has 9 heteroatoms. The number of rotatable bonds is 8. The van der Waals surface area contributed by atoms with Gasteiger partial charge in [0.15, 0.2) is 0 Å². The minimum Gasteiger partial charge on any atom is -0.496 e. The van der Waals surface area contributed by atoms with Crippen LogP contribution < -0.4 is 15.4 Å². The van der Waals surface area contributed by atoms with Gasteiger partial charge in [0.25, 0.3) is 0 Å². The molecule has 5 rings (SSSR count). The summed E-state index contributed by atoms with van der Waals surface area (Å²) in [6, 6.07) is 14.1. The van der Waals surface area contributed by atoms with Gasteiger partial charge in [0.2, 0.25) is 0 Å². The molecule has 2 amide bonds. The van der Waals surface area contributed by atoms with E-state index in [-0.39, 0.29) is 11.8 Å². The molecule has 0 radical (unpaired) electrons. The molecule has 4 aromatic rings. The van der Waals surface area contributed by atoms with Crippen molar-refractivity contribution < 1.29 is 13.9 Å². The van der Waals surface area contributed by atoms with Crippen LogP contribution in [0.3, 0.4) is 0 Å². The fourth-order valence-electron chi connectivity index (χ4n) is 4.51. The summed E-state index contributed by atoms with van der Waals surface area (Å²) in [6.07, 6.45) is 6.25. The van der Waals surface area contributed by atoms with E-state index in [1.54, 1.807) is 30.5 Å². The van der Waals surface area contributed by atoms with Crippen molar-refractivity contribution in [1.29, 1.82) is 0 Å². The van der Waals surface area contributed by atoms with Crippen molar-refractivity contribution in [2.45, 2.75) is 13.0 Å². The number of benzene rings is 1. The first-order valence-corrected chi connectivity index (χ1v) is 12.3. The van der Waals surface area contributed by atoms with E-state index in [1.165, 1.54) is 12.1 Å². The largest absolute Gasteiger partial charge is 0.496 e. The lowest BCUT2D eigenvalue weighted by atomic mass is 10.0. The molecular formula is C28H29FN6O2. The van der Waals surface area contributed by atoms with Crippen LogP contribution in [0, 0.1) is 5.82 Å². The number of fused-ring (bicyclic) bond motifs is 1. The molecule has 190 valence electrons. The summed E-state index contributed by atoms with van der Waals surface area (Å²) >= 11 is 0. The molecule has 37 heavy (non-hydrogen) atoms. The van der Waals surface area contributed by atoms with Crippen LogP contribution in [0.15, 0.2) is 67.0 Å². The SMILES string of the molecule is COc1ccc(F)cc1-c1ccnc2[nH]c(C3=CCN(C(=O)NCCNCc4ccccn4)CC3)cc12. The summed E-state index contributed by atoms with van der Waals surface area (Å²) < 4.78 is 19.5. The van der Waals surface area contributed by atoms with Crippen molar-refractivity contribution in [1.82, 2.24) is 30.5 Å². The number of carbonyl (C=O) groups excluding carboxylic acids is 1. The maximum absolute atomic E-state index is 14.0. The fraction of sp³-hybridized carbons (Fsp3) is 0.250. The number of nitrogens with zero attached hydrogens (tertiary/aromatic N) is 3. The molecule has 0 aliphatic carbocycles. The van der Waals surface area contributed by atoms with Crippen molar-refractivity contribution in [3.63, 3.8) is 0 Å². The number of methoxy groups -OCH3 is 1. The highest BCUT2D eigenvalue weighted by Crippen LogP contribution is 2.36. The van der Waals surface area contributed by atoms with Crippen molar-refractivity contribution >= 4 is 22.6 Å². The van der Waals surface area contributed by atoms with Crippen LogP contribution in [0.4, 0.5) is 9.18 Å². The minimum absolute atomic E-state index is 0.0752. The maximum Gasteiger partial charge on any atom is 0.317 e. The molecule has 1 aromatic carbocycles. The normalized spacial score (nSPS) is 13.5. The number of carbonyl (C=O) groups is 1. The summed E-state index contributed by atoms with van der Waals surface area (Å²) in [5, 5.41) is 7.14. The summed E-state index contributed by atoms with van der Waals surface area (Å²) in [5.74, 6) is 0.274. The van der Waals surface area contributed by atoms with E-state index in [1.807, 2.05) is 30.3 Å². The second kappa shape index (κ2) is 11.2. The van der Waals surface area contributed by atoms with Crippen LogP contribution in [-0.4, -0.2) is 59.2 Å². The first kappa shape index (κ1) is 24.5. The number of H-pyrrole nitrogens is 1. The fourth-order valence-corrected chi connectivity index (χ4v) is 4.51. The number of hydrogen-bond acceptors (Lipinski definition) is 5. The number of aromatic nitrogens is 3. The number of ether oxygens (including phenoxy) is 1. The number of aromatic amines is 1. The lowest BCUT2D eigenvalue weighted by molar-refractivity contribution is 0.203. The second-order valence-corrected chi connectivity index (χ2v) is 8.80. The summed E-state index contributed by atoms with van der Waals surface area (Å²) in [7, 11) is 1.57. The number of hydrogen-bond donors (Lipinski definition) is 3. The highest BCUT2D eigenvalue weighted by atomic mass is 19.1. The van der Waals surface area contributed by atoms with Gasteiger partial charge in [0.05, 0.1) is 12.8 Å². The van der Waals surface area contributed by atoms with Crippen LogP contribution in [0.25, 0.3) is 27.7 Å². The average Bonchev–Trinajstić information content (AvgIpc) is 3.38. The standard InChI is InChI=1S/C28H29FN6O2/c1-37-26-6-5-20(29)16-23(26)22-7-11-32-27-24(22)17-25(34-27)19-8-14-35(15-9-19)28(36)33-13-12-30-18-21-4-2-3-10-31-21/h2-8,10-11,16-17,30H,9,12-15,18H2,1H3,(H,32,34)(H,33,36). The Bertz CT molecular complexity index is 1420. The third-order valence-corrected chi connectivity index (χ3v) is 6.44. The Kier molecular flexibility index (Phi) is 7.41. The van der Waals surface area contributed by atoms with Gasteiger partial charge in [-0.05, 0) is 60.0 Å². The summed E-state index contributed by atoms with van der Waals surface area (Å²) in [6.45, 7) is 3.01. The van der Waals surface area contributed by atoms with Crippen molar-refractivity contribution in [2.24, 2.45) is 0 Å². The molecule has 8 nitrogen and oxygen atoms in total. The monoisotopic (exact) mass is 500 g/mol. The van der Waals surface area contributed by atoms with E-state index >= 15 is 0 Å². The smallest absolute Gasteiger partial charge is 0.317 e. The van der Waals surface area contributed by atoms with Gasteiger partial charge >= 0.3 is 6.03 Å². The van der Waals surface area contributed by atoms with Gasteiger partial charge in [0.1, 0.15) is 17.2 Å². The number of amides is 2. The zero-order valence-electron chi connectivity index (χ0n) is 20.6. The second-order valence-electron chi connectivity index (χ2n) is 8.80. The predicted octanol–water partition coefficient (Wildman–Crippen LogP) is 4.36. The first-order chi connectivity index (χ1) is 18.1. The Hall–Kier alpha value is -4.24. The van der Waals surface area contributed by atoms with Gasteiger partial charge in [-0.2, -0.15) is 0 Å². The third-order valence-electron chi connectivity index (χ3n) is 6.44. The molecule has 3 N–H and O–H groups in total. The topological polar surface area (TPSA) is 95.2 Å². The van der Waals surface area contributed by atoms with Crippen LogP contribution in [0.5, 0.6) is 5.75 Å². The number of urea groups is 1. The molecule has 3 aromatic heterocycles. The van der Waals surface area contributed by atoms with Gasteiger partial charge in [0, 0.05) is 61.8 Å². The third kappa shape index (κ3) is 5.62. The molecule has 0 bridgehead atoms. The summed E-state index contributed by atoms with van der Waals surface area (Å²) in [4.78, 5) is 26.5. The van der Waals surface area contributed by atoms with E-state index in [0.717, 1.165) is 40.0 Å². The maximum atomic E-state index is 14.0. The van der Waals surface area contributed by atoms with E-state index in [2.05, 4.69) is 31.7 Å². The Morgan fingerprint density at radius 3 is 2.81 bits per heavy atom. The average molecular weight is 501 g/mol. The van der Waals surface area contributed by atoms with Crippen LogP contribution in [-0.2, 0) is 6.54 Å². The minimum atomic E-state index is -0.325. The van der Waals surface area contributed by atoms with Crippen molar-refractivity contribution in [2.75, 3.05) is 33.3 Å². The Balaban J connectivity index is 1.21. The van der Waals surface area contributed by atoms with Gasteiger partial charge in [-0.3, -0.25) is 4.98 Å². The molecule has 1 aliphatic heterocycles. The molecule has 0 saturated heterocycles. The number of pyridine rings is 2. The molecule has 1 aliphatic rings. The van der Waals surface area contributed by atoms with E-state index in [0.29, 0.717) is 44.0 Å². The van der Waals surface area contributed by atoms with Crippen molar-refractivity contribution in [3.05, 3.63) is 84.2 Å². The Labute approximate surface area is 214 Å². The molecular weight excluding hydrogens is 471 g/mol. The van der Waals surface area contributed by atoms with Crippen LogP contribution in [0.1, 0.15) is 17.8 Å². The lowest BCUT2D eigenvalue weighted by Gasteiger charge is -2.26. The molecule has 0 atom stereocenters. The molecule has 4 heterocycles. The molecule has 0 fully saturated rings. The molecule has 0 spiro atoms. The lowest BCUT2D eigenvalue weighted by Crippen LogP contribution is -2.44. The van der Waals surface area contributed by atoms with Gasteiger partial charge < -0.3 is 25.3 Å². The van der Waals surface area contributed by atoms with E-state index in [9.17, 15) is 9.18 Å². The van der Waals surface area contributed by atoms with Gasteiger partial charge in [-0.1, -0.05) is 12.1 Å². The first-order valence-electron chi connectivity index (χ1n) is 12.3. The summed E-state index contributed by atoms with van der Waals surface area (Å²) in [5.41, 5.74) is 5.28. The van der Waals surface area contributed by atoms with E-state index in [4.69, 9.17) is 4.74 Å². The Morgan fingerprint density at radius 2 is 2.03 bits per heavy atom. The quantitative estimate of drug-likeness (QED) is 0.313. The highest BCUT2D eigenvalue weighted by molar-refractivity contribution is 5.96. The van der Waals surface area contributed by atoms with Crippen LogP contribution >= 0.6 is 0 Å². The highest BCUT2D eigenvalue weighted by Gasteiger charge is 2.20. The van der Waals surface area contributed by atoms with Crippen molar-refractivity contribution in [3.8, 4) is 16.9 Å². The number of nitrogens with one attached hydrogen (secondary N) is 3. The van der Waals surface area contributed by atoms with Gasteiger partial charge in [-0.15, -0.1) is 0 Å². The van der Waals surface area contributed by atoms with Gasteiger partial charge in [-0.25, -0.2) is 14.2 Å². The number of halogens is 1.